The summed E-state index contributed by atoms with van der Waals surface area (Å²) in [5.41, 5.74) is 1.07. The van der Waals surface area contributed by atoms with E-state index in [9.17, 15) is 0 Å². The standard InChI is InChI=1S/C11H21NO/c1-9(2)11(7-13-8-11)10(4-5-10)6-12-3/h9,12H,4-8H2,1-3H3. The Bertz CT molecular complexity index is 192. The lowest BCUT2D eigenvalue weighted by molar-refractivity contribution is -0.180. The van der Waals surface area contributed by atoms with Crippen LogP contribution in [0.5, 0.6) is 0 Å². The van der Waals surface area contributed by atoms with E-state index in [2.05, 4.69) is 26.2 Å². The van der Waals surface area contributed by atoms with Crippen molar-refractivity contribution in [3.8, 4) is 0 Å². The molecule has 13 heavy (non-hydrogen) atoms. The molecule has 1 N–H and O–H groups in total. The summed E-state index contributed by atoms with van der Waals surface area (Å²) in [7, 11) is 2.06. The van der Waals surface area contributed by atoms with E-state index in [1.807, 2.05) is 0 Å². The molecule has 0 aromatic rings. The summed E-state index contributed by atoms with van der Waals surface area (Å²) in [6, 6.07) is 0. The van der Waals surface area contributed by atoms with Crippen molar-refractivity contribution in [1.29, 1.82) is 0 Å². The Balaban J connectivity index is 2.12. The molecule has 0 bridgehead atoms. The zero-order chi connectivity index (χ0) is 9.53. The van der Waals surface area contributed by atoms with Crippen molar-refractivity contribution < 1.29 is 4.74 Å². The van der Waals surface area contributed by atoms with Crippen LogP contribution in [0.1, 0.15) is 26.7 Å². The van der Waals surface area contributed by atoms with Crippen molar-refractivity contribution >= 4 is 0 Å². The molecule has 2 aliphatic rings. The van der Waals surface area contributed by atoms with E-state index in [-0.39, 0.29) is 0 Å². The summed E-state index contributed by atoms with van der Waals surface area (Å²) >= 11 is 0. The van der Waals surface area contributed by atoms with Crippen LogP contribution in [0.25, 0.3) is 0 Å². The fourth-order valence-electron chi connectivity index (χ4n) is 2.91. The van der Waals surface area contributed by atoms with Crippen LogP contribution in [0.4, 0.5) is 0 Å². The second-order valence-corrected chi connectivity index (χ2v) is 5.11. The molecule has 1 aliphatic carbocycles. The SMILES string of the molecule is CNCC1(C2(C(C)C)COC2)CC1. The molecule has 0 aromatic heterocycles. The van der Waals surface area contributed by atoms with E-state index in [0.717, 1.165) is 19.1 Å². The van der Waals surface area contributed by atoms with Gasteiger partial charge in [-0.3, -0.25) is 0 Å². The summed E-state index contributed by atoms with van der Waals surface area (Å²) in [5.74, 6) is 0.761. The lowest BCUT2D eigenvalue weighted by atomic mass is 9.63. The maximum atomic E-state index is 5.44. The van der Waals surface area contributed by atoms with Gasteiger partial charge in [0.1, 0.15) is 0 Å². The zero-order valence-electron chi connectivity index (χ0n) is 9.02. The highest BCUT2D eigenvalue weighted by Gasteiger charge is 2.63. The fourth-order valence-corrected chi connectivity index (χ4v) is 2.91. The molecule has 0 unspecified atom stereocenters. The number of nitrogens with one attached hydrogen (secondary N) is 1. The van der Waals surface area contributed by atoms with E-state index in [1.165, 1.54) is 19.4 Å². The predicted molar refractivity (Wildman–Crippen MR) is 53.7 cm³/mol. The fraction of sp³-hybridized carbons (Fsp3) is 1.00. The molecule has 1 aliphatic heterocycles. The van der Waals surface area contributed by atoms with E-state index in [0.29, 0.717) is 10.8 Å². The second-order valence-electron chi connectivity index (χ2n) is 5.11. The van der Waals surface area contributed by atoms with Crippen LogP contribution in [0.2, 0.25) is 0 Å². The van der Waals surface area contributed by atoms with Gasteiger partial charge in [0.2, 0.25) is 0 Å². The Morgan fingerprint density at radius 2 is 1.92 bits per heavy atom. The maximum absolute atomic E-state index is 5.44. The molecule has 0 atom stereocenters. The number of rotatable bonds is 4. The van der Waals surface area contributed by atoms with Crippen molar-refractivity contribution in [1.82, 2.24) is 5.32 Å². The van der Waals surface area contributed by atoms with Gasteiger partial charge in [-0.2, -0.15) is 0 Å². The van der Waals surface area contributed by atoms with Gasteiger partial charge in [-0.1, -0.05) is 13.8 Å². The van der Waals surface area contributed by atoms with Gasteiger partial charge < -0.3 is 10.1 Å². The normalized spacial score (nSPS) is 28.6. The Morgan fingerprint density at radius 1 is 1.31 bits per heavy atom. The van der Waals surface area contributed by atoms with Crippen LogP contribution in [0.3, 0.4) is 0 Å². The summed E-state index contributed by atoms with van der Waals surface area (Å²) in [4.78, 5) is 0. The van der Waals surface area contributed by atoms with E-state index < -0.39 is 0 Å². The van der Waals surface area contributed by atoms with Crippen LogP contribution < -0.4 is 5.32 Å². The Hall–Kier alpha value is -0.0800. The Morgan fingerprint density at radius 3 is 2.15 bits per heavy atom. The first-order chi connectivity index (χ1) is 6.17. The lowest BCUT2D eigenvalue weighted by Gasteiger charge is -2.51. The first kappa shape index (κ1) is 9.47. The molecule has 0 spiro atoms. The monoisotopic (exact) mass is 183 g/mol. The molecule has 2 nitrogen and oxygen atoms in total. The van der Waals surface area contributed by atoms with Gasteiger partial charge in [0.15, 0.2) is 0 Å². The van der Waals surface area contributed by atoms with Gasteiger partial charge in [-0.25, -0.2) is 0 Å². The zero-order valence-corrected chi connectivity index (χ0v) is 9.02. The van der Waals surface area contributed by atoms with Gasteiger partial charge in [0.25, 0.3) is 0 Å². The first-order valence-corrected chi connectivity index (χ1v) is 5.39. The maximum Gasteiger partial charge on any atom is 0.0553 e. The van der Waals surface area contributed by atoms with Gasteiger partial charge in [0, 0.05) is 12.0 Å². The third-order valence-corrected chi connectivity index (χ3v) is 4.25. The summed E-state index contributed by atoms with van der Waals surface area (Å²) in [5, 5.41) is 3.34. The van der Waals surface area contributed by atoms with Crippen LogP contribution in [0.15, 0.2) is 0 Å². The lowest BCUT2D eigenvalue weighted by Crippen LogP contribution is -2.55. The molecule has 2 rings (SSSR count). The minimum absolute atomic E-state index is 0.496. The van der Waals surface area contributed by atoms with Crippen molar-refractivity contribution in [2.45, 2.75) is 26.7 Å². The number of ether oxygens (including phenoxy) is 1. The third-order valence-electron chi connectivity index (χ3n) is 4.25. The summed E-state index contributed by atoms with van der Waals surface area (Å²) in [6.45, 7) is 7.85. The molecule has 0 radical (unpaired) electrons. The Kier molecular flexibility index (Phi) is 2.16. The minimum Gasteiger partial charge on any atom is -0.380 e. The second kappa shape index (κ2) is 2.96. The van der Waals surface area contributed by atoms with Crippen LogP contribution in [-0.2, 0) is 4.74 Å². The largest absolute Gasteiger partial charge is 0.380 e. The van der Waals surface area contributed by atoms with Crippen molar-refractivity contribution in [3.63, 3.8) is 0 Å². The molecular weight excluding hydrogens is 162 g/mol. The van der Waals surface area contributed by atoms with Gasteiger partial charge >= 0.3 is 0 Å². The van der Waals surface area contributed by atoms with Gasteiger partial charge in [0.05, 0.1) is 13.2 Å². The highest BCUT2D eigenvalue weighted by molar-refractivity contribution is 5.12. The quantitative estimate of drug-likeness (QED) is 0.715. The molecule has 76 valence electrons. The molecule has 1 heterocycles. The van der Waals surface area contributed by atoms with E-state index in [4.69, 9.17) is 4.74 Å². The molecule has 0 amide bonds. The third kappa shape index (κ3) is 1.15. The first-order valence-electron chi connectivity index (χ1n) is 5.39. The van der Waals surface area contributed by atoms with Crippen molar-refractivity contribution in [3.05, 3.63) is 0 Å². The highest BCUT2D eigenvalue weighted by atomic mass is 16.5. The molecule has 2 heteroatoms. The number of hydrogen-bond donors (Lipinski definition) is 1. The van der Waals surface area contributed by atoms with Crippen LogP contribution >= 0.6 is 0 Å². The highest BCUT2D eigenvalue weighted by Crippen LogP contribution is 2.64. The molecule has 1 saturated carbocycles. The smallest absolute Gasteiger partial charge is 0.0553 e. The van der Waals surface area contributed by atoms with E-state index >= 15 is 0 Å². The molecule has 0 aromatic carbocycles. The minimum atomic E-state index is 0.496. The Labute approximate surface area is 81.0 Å². The van der Waals surface area contributed by atoms with Gasteiger partial charge in [-0.05, 0) is 31.2 Å². The van der Waals surface area contributed by atoms with Crippen LogP contribution in [0, 0.1) is 16.7 Å². The van der Waals surface area contributed by atoms with Crippen LogP contribution in [-0.4, -0.2) is 26.8 Å². The molecular formula is C11H21NO. The average Bonchev–Trinajstić information content (AvgIpc) is 2.66. The molecule has 1 saturated heterocycles. The average molecular weight is 183 g/mol. The molecule has 2 fully saturated rings. The number of hydrogen-bond acceptors (Lipinski definition) is 2. The van der Waals surface area contributed by atoms with Crippen molar-refractivity contribution in [2.24, 2.45) is 16.7 Å². The van der Waals surface area contributed by atoms with Gasteiger partial charge in [-0.15, -0.1) is 0 Å². The van der Waals surface area contributed by atoms with E-state index in [1.54, 1.807) is 0 Å². The summed E-state index contributed by atoms with van der Waals surface area (Å²) < 4.78 is 5.44. The van der Waals surface area contributed by atoms with Crippen molar-refractivity contribution in [2.75, 3.05) is 26.8 Å². The topological polar surface area (TPSA) is 21.3 Å². The summed E-state index contributed by atoms with van der Waals surface area (Å²) in [6.07, 6.45) is 2.80. The predicted octanol–water partition coefficient (Wildman–Crippen LogP) is 1.66.